The Morgan fingerprint density at radius 2 is 1.90 bits per heavy atom. The Balaban J connectivity index is 4.12. The predicted octanol–water partition coefficient (Wildman–Crippen LogP) is 1.38. The molecule has 0 heterocycles. The number of ketones is 1. The van der Waals surface area contributed by atoms with Gasteiger partial charge >= 0.3 is 0 Å². The number of hydrogen-bond acceptors (Lipinski definition) is 2. The zero-order valence-electron chi connectivity index (χ0n) is 5.84. The van der Waals surface area contributed by atoms with E-state index in [0.29, 0.717) is 0 Å². The molecular formula is C6H10Cl2O2. The van der Waals surface area contributed by atoms with Gasteiger partial charge in [0.15, 0.2) is 0 Å². The highest BCUT2D eigenvalue weighted by molar-refractivity contribution is 6.45. The molecular weight excluding hydrogens is 175 g/mol. The van der Waals surface area contributed by atoms with Gasteiger partial charge in [-0.15, -0.1) is 23.2 Å². The molecule has 0 amide bonds. The van der Waals surface area contributed by atoms with Crippen LogP contribution in [0.15, 0.2) is 0 Å². The van der Waals surface area contributed by atoms with Crippen LogP contribution in [0.25, 0.3) is 0 Å². The summed E-state index contributed by atoms with van der Waals surface area (Å²) < 4.78 is 0. The number of aliphatic hydroxyl groups is 1. The van der Waals surface area contributed by atoms with Gasteiger partial charge in [0.25, 0.3) is 0 Å². The molecule has 0 radical (unpaired) electrons. The first-order chi connectivity index (χ1) is 4.46. The molecule has 10 heavy (non-hydrogen) atoms. The van der Waals surface area contributed by atoms with Crippen LogP contribution in [-0.4, -0.2) is 21.8 Å². The first kappa shape index (κ1) is 10.2. The van der Waals surface area contributed by atoms with Crippen molar-refractivity contribution in [3.63, 3.8) is 0 Å². The Kier molecular flexibility index (Phi) is 4.25. The maximum atomic E-state index is 10.7. The van der Waals surface area contributed by atoms with Gasteiger partial charge < -0.3 is 5.11 Å². The van der Waals surface area contributed by atoms with Crippen LogP contribution in [0.3, 0.4) is 0 Å². The van der Waals surface area contributed by atoms with Crippen molar-refractivity contribution in [2.45, 2.75) is 24.8 Å². The Morgan fingerprint density at radius 1 is 1.50 bits per heavy atom. The molecule has 0 bridgehead atoms. The standard InChI is InChI=1S/C6H10Cl2O2/c1-3(9)5(4(2)10)6(7)8/h3,5-6,9H,1-2H3. The van der Waals surface area contributed by atoms with E-state index in [0.717, 1.165) is 0 Å². The van der Waals surface area contributed by atoms with Crippen molar-refractivity contribution < 1.29 is 9.90 Å². The van der Waals surface area contributed by atoms with Crippen LogP contribution in [0.1, 0.15) is 13.8 Å². The van der Waals surface area contributed by atoms with Gasteiger partial charge in [-0.2, -0.15) is 0 Å². The fourth-order valence-corrected chi connectivity index (χ4v) is 1.50. The minimum absolute atomic E-state index is 0.190. The molecule has 0 aliphatic carbocycles. The van der Waals surface area contributed by atoms with Crippen molar-refractivity contribution in [3.05, 3.63) is 0 Å². The largest absolute Gasteiger partial charge is 0.393 e. The molecule has 1 N–H and O–H groups in total. The summed E-state index contributed by atoms with van der Waals surface area (Å²) in [5, 5.41) is 8.96. The molecule has 0 saturated heterocycles. The Hall–Kier alpha value is 0.210. The highest BCUT2D eigenvalue weighted by atomic mass is 35.5. The number of rotatable bonds is 3. The van der Waals surface area contributed by atoms with Crippen molar-refractivity contribution in [3.8, 4) is 0 Å². The average Bonchev–Trinajstić information content (AvgIpc) is 1.59. The molecule has 0 saturated carbocycles. The predicted molar refractivity (Wildman–Crippen MR) is 41.3 cm³/mol. The van der Waals surface area contributed by atoms with E-state index in [2.05, 4.69) is 0 Å². The molecule has 2 nitrogen and oxygen atoms in total. The summed E-state index contributed by atoms with van der Waals surface area (Å²) >= 11 is 10.8. The number of aliphatic hydroxyl groups excluding tert-OH is 1. The van der Waals surface area contributed by atoms with Crippen LogP contribution in [-0.2, 0) is 4.79 Å². The number of carbonyl (C=O) groups is 1. The van der Waals surface area contributed by atoms with Gasteiger partial charge in [0, 0.05) is 0 Å². The molecule has 0 aromatic heterocycles. The monoisotopic (exact) mass is 184 g/mol. The third-order valence-electron chi connectivity index (χ3n) is 1.26. The second-order valence-electron chi connectivity index (χ2n) is 2.21. The number of halogens is 2. The zero-order chi connectivity index (χ0) is 8.31. The molecule has 0 spiro atoms. The third kappa shape index (κ3) is 2.86. The minimum Gasteiger partial charge on any atom is -0.393 e. The second kappa shape index (κ2) is 4.16. The van der Waals surface area contributed by atoms with Crippen LogP contribution >= 0.6 is 23.2 Å². The van der Waals surface area contributed by atoms with Crippen molar-refractivity contribution in [1.29, 1.82) is 0 Å². The highest BCUT2D eigenvalue weighted by Crippen LogP contribution is 2.19. The van der Waals surface area contributed by atoms with Crippen LogP contribution in [0.5, 0.6) is 0 Å². The molecule has 0 fully saturated rings. The molecule has 4 heteroatoms. The Bertz CT molecular complexity index is 115. The number of hydrogen-bond donors (Lipinski definition) is 1. The molecule has 2 atom stereocenters. The number of alkyl halides is 2. The van der Waals surface area contributed by atoms with Gasteiger partial charge in [-0.3, -0.25) is 4.79 Å². The van der Waals surface area contributed by atoms with Crippen molar-refractivity contribution in [1.82, 2.24) is 0 Å². The van der Waals surface area contributed by atoms with E-state index in [1.807, 2.05) is 0 Å². The molecule has 0 aromatic rings. The lowest BCUT2D eigenvalue weighted by atomic mass is 10.0. The fourth-order valence-electron chi connectivity index (χ4n) is 0.728. The maximum absolute atomic E-state index is 10.7. The average molecular weight is 185 g/mol. The van der Waals surface area contributed by atoms with E-state index >= 15 is 0 Å². The smallest absolute Gasteiger partial charge is 0.138 e. The lowest BCUT2D eigenvalue weighted by molar-refractivity contribution is -0.123. The van der Waals surface area contributed by atoms with Crippen LogP contribution in [0.4, 0.5) is 0 Å². The fraction of sp³-hybridized carbons (Fsp3) is 0.833. The summed E-state index contributed by atoms with van der Waals surface area (Å²) in [6.45, 7) is 2.85. The molecule has 2 unspecified atom stereocenters. The summed E-state index contributed by atoms with van der Waals surface area (Å²) in [4.78, 5) is 9.88. The number of carbonyl (C=O) groups excluding carboxylic acids is 1. The van der Waals surface area contributed by atoms with Crippen LogP contribution in [0.2, 0.25) is 0 Å². The summed E-state index contributed by atoms with van der Waals surface area (Å²) in [7, 11) is 0. The van der Waals surface area contributed by atoms with E-state index in [1.54, 1.807) is 0 Å². The Labute approximate surface area is 70.1 Å². The van der Waals surface area contributed by atoms with Gasteiger partial charge in [0.1, 0.15) is 10.6 Å². The summed E-state index contributed by atoms with van der Waals surface area (Å²) in [6, 6.07) is 0. The Morgan fingerprint density at radius 3 is 1.90 bits per heavy atom. The molecule has 0 aliphatic rings. The lowest BCUT2D eigenvalue weighted by Gasteiger charge is -2.16. The third-order valence-corrected chi connectivity index (χ3v) is 1.80. The van der Waals surface area contributed by atoms with Crippen molar-refractivity contribution in [2.75, 3.05) is 0 Å². The molecule has 60 valence electrons. The SMILES string of the molecule is CC(=O)C(C(C)O)C(Cl)Cl. The van der Waals surface area contributed by atoms with Gasteiger partial charge in [-0.05, 0) is 13.8 Å². The van der Waals surface area contributed by atoms with Gasteiger partial charge in [-0.1, -0.05) is 0 Å². The molecule has 0 aromatic carbocycles. The van der Waals surface area contributed by atoms with E-state index in [1.165, 1.54) is 13.8 Å². The summed E-state index contributed by atoms with van der Waals surface area (Å²) in [6.07, 6.45) is -0.780. The van der Waals surface area contributed by atoms with Crippen molar-refractivity contribution >= 4 is 29.0 Å². The van der Waals surface area contributed by atoms with Gasteiger partial charge in [0.05, 0.1) is 12.0 Å². The van der Waals surface area contributed by atoms with E-state index in [-0.39, 0.29) is 5.78 Å². The zero-order valence-corrected chi connectivity index (χ0v) is 7.36. The molecule has 0 aliphatic heterocycles. The van der Waals surface area contributed by atoms with Gasteiger partial charge in [-0.25, -0.2) is 0 Å². The van der Waals surface area contributed by atoms with Crippen molar-refractivity contribution in [2.24, 2.45) is 5.92 Å². The minimum atomic E-state index is -0.822. The summed E-state index contributed by atoms with van der Waals surface area (Å²) in [5.74, 6) is -0.853. The molecule has 0 rings (SSSR count). The second-order valence-corrected chi connectivity index (χ2v) is 3.38. The van der Waals surface area contributed by atoms with E-state index < -0.39 is 16.9 Å². The first-order valence-corrected chi connectivity index (χ1v) is 3.80. The normalized spacial score (nSPS) is 17.0. The van der Waals surface area contributed by atoms with Crippen LogP contribution < -0.4 is 0 Å². The number of Topliss-reactive ketones (excluding diaryl/α,β-unsaturated/α-hetero) is 1. The van der Waals surface area contributed by atoms with Gasteiger partial charge in [0.2, 0.25) is 0 Å². The van der Waals surface area contributed by atoms with Crippen LogP contribution in [0, 0.1) is 5.92 Å². The first-order valence-electron chi connectivity index (χ1n) is 2.93. The van der Waals surface area contributed by atoms with E-state index in [9.17, 15) is 4.79 Å². The lowest BCUT2D eigenvalue weighted by Crippen LogP contribution is -2.29. The van der Waals surface area contributed by atoms with E-state index in [4.69, 9.17) is 28.3 Å². The summed E-state index contributed by atoms with van der Waals surface area (Å²) in [5.41, 5.74) is 0. The topological polar surface area (TPSA) is 37.3 Å². The highest BCUT2D eigenvalue weighted by Gasteiger charge is 2.26. The quantitative estimate of drug-likeness (QED) is 0.674. The maximum Gasteiger partial charge on any atom is 0.138 e.